The van der Waals surface area contributed by atoms with Gasteiger partial charge in [0.25, 0.3) is 0 Å². The molecule has 0 aliphatic heterocycles. The highest BCUT2D eigenvalue weighted by Crippen LogP contribution is 2.29. The molecular weight excluding hydrogens is 298 g/mol. The zero-order valence-electron chi connectivity index (χ0n) is 13.1. The summed E-state index contributed by atoms with van der Waals surface area (Å²) in [7, 11) is 3.54. The molecule has 0 bridgehead atoms. The number of imidazole rings is 1. The molecule has 1 N–H and O–H groups in total. The maximum Gasteiger partial charge on any atom is 0.221 e. The van der Waals surface area contributed by atoms with Crippen LogP contribution in [0.5, 0.6) is 5.75 Å². The third-order valence-electron chi connectivity index (χ3n) is 3.41. The largest absolute Gasteiger partial charge is 0.496 e. The summed E-state index contributed by atoms with van der Waals surface area (Å²) >= 11 is 1.65. The first-order valence-corrected chi connectivity index (χ1v) is 8.45. The van der Waals surface area contributed by atoms with E-state index in [1.165, 1.54) is 0 Å². The molecule has 0 aliphatic carbocycles. The summed E-state index contributed by atoms with van der Waals surface area (Å²) in [4.78, 5) is 16.6. The van der Waals surface area contributed by atoms with Crippen LogP contribution < -0.4 is 10.1 Å². The fraction of sp³-hybridized carbons (Fsp3) is 0.375. The Morgan fingerprint density at radius 3 is 2.86 bits per heavy atom. The average Bonchev–Trinajstić information content (AvgIpc) is 2.96. The summed E-state index contributed by atoms with van der Waals surface area (Å²) in [5.41, 5.74) is 0.900. The number of carbonyl (C=O) groups excluding carboxylic acids is 1. The second-order valence-electron chi connectivity index (χ2n) is 4.88. The molecule has 0 spiro atoms. The summed E-state index contributed by atoms with van der Waals surface area (Å²) in [6.07, 6.45) is 6.07. The SMILES string of the molecule is COc1ccccc1[C@@H](NC(=O)CCSC)c1nccn1C. The quantitative estimate of drug-likeness (QED) is 0.851. The molecule has 1 aromatic carbocycles. The van der Waals surface area contributed by atoms with Gasteiger partial charge in [-0.1, -0.05) is 18.2 Å². The molecule has 0 fully saturated rings. The van der Waals surface area contributed by atoms with E-state index in [0.29, 0.717) is 6.42 Å². The van der Waals surface area contributed by atoms with Gasteiger partial charge in [0.1, 0.15) is 17.6 Å². The Morgan fingerprint density at radius 1 is 1.45 bits per heavy atom. The standard InChI is InChI=1S/C16H21N3O2S/c1-19-10-9-17-16(19)15(18-14(20)8-11-22-3)12-6-4-5-7-13(12)21-2/h4-7,9-10,15H,8,11H2,1-3H3,(H,18,20)/t15-/m1/s1. The topological polar surface area (TPSA) is 56.1 Å². The molecule has 0 radical (unpaired) electrons. The van der Waals surface area contributed by atoms with Gasteiger partial charge >= 0.3 is 0 Å². The third kappa shape index (κ3) is 3.82. The molecule has 118 valence electrons. The Bertz CT molecular complexity index is 627. The smallest absolute Gasteiger partial charge is 0.221 e. The van der Waals surface area contributed by atoms with E-state index in [4.69, 9.17) is 4.74 Å². The van der Waals surface area contributed by atoms with Gasteiger partial charge in [0.2, 0.25) is 5.91 Å². The van der Waals surface area contributed by atoms with Crippen molar-refractivity contribution >= 4 is 17.7 Å². The van der Waals surface area contributed by atoms with Crippen LogP contribution in [0.4, 0.5) is 0 Å². The highest BCUT2D eigenvalue weighted by atomic mass is 32.2. The zero-order valence-corrected chi connectivity index (χ0v) is 13.9. The number of ether oxygens (including phenoxy) is 1. The van der Waals surface area contributed by atoms with Crippen molar-refractivity contribution in [3.8, 4) is 5.75 Å². The van der Waals surface area contributed by atoms with Crippen LogP contribution in [0.2, 0.25) is 0 Å². The Balaban J connectivity index is 2.34. The number of nitrogens with zero attached hydrogens (tertiary/aromatic N) is 2. The number of rotatable bonds is 7. The molecule has 0 saturated heterocycles. The second kappa shape index (κ2) is 7.89. The van der Waals surface area contributed by atoms with Crippen molar-refractivity contribution in [3.63, 3.8) is 0 Å². The van der Waals surface area contributed by atoms with Gasteiger partial charge in [-0.05, 0) is 12.3 Å². The van der Waals surface area contributed by atoms with Gasteiger partial charge in [-0.15, -0.1) is 0 Å². The van der Waals surface area contributed by atoms with Gasteiger partial charge in [-0.2, -0.15) is 11.8 Å². The molecule has 1 heterocycles. The molecule has 1 atom stereocenters. The van der Waals surface area contributed by atoms with Crippen LogP contribution >= 0.6 is 11.8 Å². The van der Waals surface area contributed by atoms with Crippen molar-refractivity contribution in [2.24, 2.45) is 7.05 Å². The van der Waals surface area contributed by atoms with Crippen LogP contribution in [0, 0.1) is 0 Å². The van der Waals surface area contributed by atoms with Crippen LogP contribution in [-0.2, 0) is 11.8 Å². The lowest BCUT2D eigenvalue weighted by Crippen LogP contribution is -2.31. The summed E-state index contributed by atoms with van der Waals surface area (Å²) in [5.74, 6) is 2.32. The van der Waals surface area contributed by atoms with E-state index >= 15 is 0 Å². The van der Waals surface area contributed by atoms with E-state index in [1.54, 1.807) is 25.1 Å². The van der Waals surface area contributed by atoms with Crippen molar-refractivity contribution in [3.05, 3.63) is 48.0 Å². The van der Waals surface area contributed by atoms with Gasteiger partial charge in [-0.3, -0.25) is 4.79 Å². The number of aryl methyl sites for hydroxylation is 1. The molecule has 0 unspecified atom stereocenters. The van der Waals surface area contributed by atoms with Gasteiger partial charge in [0.15, 0.2) is 0 Å². The van der Waals surface area contributed by atoms with Crippen LogP contribution in [0.3, 0.4) is 0 Å². The number of benzene rings is 1. The van der Waals surface area contributed by atoms with Gasteiger partial charge in [0.05, 0.1) is 7.11 Å². The molecule has 2 rings (SSSR count). The Morgan fingerprint density at radius 2 is 2.23 bits per heavy atom. The van der Waals surface area contributed by atoms with E-state index in [9.17, 15) is 4.79 Å². The number of methoxy groups -OCH3 is 1. The van der Waals surface area contributed by atoms with Crippen LogP contribution in [0.15, 0.2) is 36.7 Å². The molecule has 0 aliphatic rings. The Hall–Kier alpha value is -1.95. The Kier molecular flexibility index (Phi) is 5.89. The first-order valence-electron chi connectivity index (χ1n) is 7.05. The number of hydrogen-bond donors (Lipinski definition) is 1. The van der Waals surface area contributed by atoms with E-state index in [0.717, 1.165) is 22.9 Å². The lowest BCUT2D eigenvalue weighted by Gasteiger charge is -2.21. The Labute approximate surface area is 135 Å². The maximum absolute atomic E-state index is 12.2. The normalized spacial score (nSPS) is 12.0. The number of hydrogen-bond acceptors (Lipinski definition) is 4. The first kappa shape index (κ1) is 16.4. The highest BCUT2D eigenvalue weighted by molar-refractivity contribution is 7.98. The summed E-state index contributed by atoms with van der Waals surface area (Å²) in [6.45, 7) is 0. The van der Waals surface area contributed by atoms with Crippen molar-refractivity contribution in [2.45, 2.75) is 12.5 Å². The highest BCUT2D eigenvalue weighted by Gasteiger charge is 2.23. The first-order chi connectivity index (χ1) is 10.7. The average molecular weight is 319 g/mol. The third-order valence-corrected chi connectivity index (χ3v) is 4.02. The zero-order chi connectivity index (χ0) is 15.9. The number of carbonyl (C=O) groups is 1. The predicted molar refractivity (Wildman–Crippen MR) is 89.2 cm³/mol. The van der Waals surface area contributed by atoms with E-state index < -0.39 is 0 Å². The number of para-hydroxylation sites is 1. The minimum atomic E-state index is -0.328. The number of aromatic nitrogens is 2. The maximum atomic E-state index is 12.2. The van der Waals surface area contributed by atoms with Crippen molar-refractivity contribution < 1.29 is 9.53 Å². The monoisotopic (exact) mass is 319 g/mol. The van der Waals surface area contributed by atoms with Crippen molar-refractivity contribution in [1.82, 2.24) is 14.9 Å². The van der Waals surface area contributed by atoms with Crippen LogP contribution in [0.25, 0.3) is 0 Å². The molecular formula is C16H21N3O2S. The molecule has 1 aromatic heterocycles. The number of amides is 1. The molecule has 0 saturated carbocycles. The van der Waals surface area contributed by atoms with Crippen molar-refractivity contribution in [2.75, 3.05) is 19.1 Å². The predicted octanol–water partition coefficient (Wildman–Crippen LogP) is 2.39. The summed E-state index contributed by atoms with van der Waals surface area (Å²) in [6, 6.07) is 7.35. The van der Waals surface area contributed by atoms with Crippen LogP contribution in [-0.4, -0.2) is 34.6 Å². The lowest BCUT2D eigenvalue weighted by molar-refractivity contribution is -0.121. The molecule has 22 heavy (non-hydrogen) atoms. The fourth-order valence-corrected chi connectivity index (χ4v) is 2.66. The molecule has 6 heteroatoms. The molecule has 2 aromatic rings. The van der Waals surface area contributed by atoms with Gasteiger partial charge in [0, 0.05) is 37.2 Å². The van der Waals surface area contributed by atoms with Crippen molar-refractivity contribution in [1.29, 1.82) is 0 Å². The van der Waals surface area contributed by atoms with Gasteiger partial charge in [-0.25, -0.2) is 4.98 Å². The second-order valence-corrected chi connectivity index (χ2v) is 5.87. The minimum Gasteiger partial charge on any atom is -0.496 e. The van der Waals surface area contributed by atoms with E-state index in [-0.39, 0.29) is 11.9 Å². The van der Waals surface area contributed by atoms with E-state index in [1.807, 2.05) is 48.3 Å². The molecule has 1 amide bonds. The minimum absolute atomic E-state index is 0.00764. The number of nitrogens with one attached hydrogen (secondary N) is 1. The van der Waals surface area contributed by atoms with Gasteiger partial charge < -0.3 is 14.6 Å². The van der Waals surface area contributed by atoms with Crippen LogP contribution in [0.1, 0.15) is 23.9 Å². The summed E-state index contributed by atoms with van der Waals surface area (Å²) in [5, 5.41) is 3.07. The lowest BCUT2D eigenvalue weighted by atomic mass is 10.0. The van der Waals surface area contributed by atoms with E-state index in [2.05, 4.69) is 10.3 Å². The fourth-order valence-electron chi connectivity index (χ4n) is 2.27. The number of thioether (sulfide) groups is 1. The summed E-state index contributed by atoms with van der Waals surface area (Å²) < 4.78 is 7.34. The molecule has 5 nitrogen and oxygen atoms in total.